The molecule has 0 rings (SSSR count). The molecule has 61 valence electrons. The van der Waals surface area contributed by atoms with Crippen molar-refractivity contribution in [2.45, 2.75) is 0 Å². The molecule has 10 heteroatoms. The Balaban J connectivity index is -0.0000000910. The Bertz CT molecular complexity index is 224. The van der Waals surface area contributed by atoms with E-state index in [-0.39, 0.29) is 17.1 Å². The van der Waals surface area contributed by atoms with Crippen LogP contribution in [-0.4, -0.2) is 30.1 Å². The molecule has 0 aromatic rings. The van der Waals surface area contributed by atoms with Crippen molar-refractivity contribution in [1.82, 2.24) is 0 Å². The van der Waals surface area contributed by atoms with Gasteiger partial charge >= 0.3 is 27.7 Å². The molecule has 1 radical (unpaired) electrons. The molecule has 0 aliphatic carbocycles. The maximum absolute atomic E-state index is 8.52. The van der Waals surface area contributed by atoms with Gasteiger partial charge in [0.1, 0.15) is 0 Å². The minimum absolute atomic E-state index is 0. The second kappa shape index (κ2) is 7.12. The second-order valence-electron chi connectivity index (χ2n) is 0.612. The van der Waals surface area contributed by atoms with Gasteiger partial charge < -0.3 is 9.11 Å². The van der Waals surface area contributed by atoms with Crippen LogP contribution in [0, 0.1) is 0 Å². The van der Waals surface area contributed by atoms with Crippen LogP contribution >= 0.6 is 0 Å². The average Bonchev–Trinajstić information content (AvgIpc) is 1.19. The van der Waals surface area contributed by atoms with E-state index in [9.17, 15) is 0 Å². The van der Waals surface area contributed by atoms with Crippen LogP contribution < -0.4 is 0 Å². The third-order valence-electron chi connectivity index (χ3n) is 0. The summed E-state index contributed by atoms with van der Waals surface area (Å²) < 4.78 is 59.4. The summed E-state index contributed by atoms with van der Waals surface area (Å²) in [7, 11) is -8.28. The van der Waals surface area contributed by atoms with E-state index in [4.69, 9.17) is 30.1 Å². The molecule has 0 aromatic heterocycles. The number of hydrogen-bond donors (Lipinski definition) is 0. The normalized spacial score (nSPS) is 8.20. The molecule has 0 heterocycles. The molecule has 0 spiro atoms. The Kier molecular flexibility index (Phi) is 11.8. The first-order valence-electron chi connectivity index (χ1n) is 1.17. The van der Waals surface area contributed by atoms with Crippen molar-refractivity contribution < 1.29 is 47.2 Å². The smallest absolute Gasteiger partial charge is 0.759 e. The van der Waals surface area contributed by atoms with Gasteiger partial charge in [-0.25, -0.2) is 0 Å². The minimum atomic E-state index is -5.17. The molecular weight excluding hydrogens is 231 g/mol. The van der Waals surface area contributed by atoms with Crippen LogP contribution in [0.4, 0.5) is 0 Å². The van der Waals surface area contributed by atoms with Crippen LogP contribution in [0.15, 0.2) is 0 Å². The summed E-state index contributed by atoms with van der Waals surface area (Å²) in [5, 5.41) is 0. The van der Waals surface area contributed by atoms with Crippen molar-refractivity contribution in [1.29, 1.82) is 0 Å². The van der Waals surface area contributed by atoms with Gasteiger partial charge in [-0.2, -0.15) is 0 Å². The fourth-order valence-corrected chi connectivity index (χ4v) is 0. The summed E-state index contributed by atoms with van der Waals surface area (Å²) in [6.07, 6.45) is 0. The summed E-state index contributed by atoms with van der Waals surface area (Å²) in [5.74, 6) is 0. The van der Waals surface area contributed by atoms with Crippen molar-refractivity contribution in [3.05, 3.63) is 0 Å². The van der Waals surface area contributed by atoms with E-state index >= 15 is 0 Å². The van der Waals surface area contributed by atoms with Gasteiger partial charge in [0.15, 0.2) is 0 Å². The van der Waals surface area contributed by atoms with Crippen molar-refractivity contribution in [2.75, 3.05) is 0 Å². The second-order valence-corrected chi connectivity index (χ2v) is 1.84. The standard InChI is InChI=1S/Mn.H2O4S.O3S/c;1-5(2,3)4;1-4(2)3/h;(H2,1,2,3,4);/q+2;;/p-2. The van der Waals surface area contributed by atoms with E-state index in [0.717, 1.165) is 0 Å². The Morgan fingerprint density at radius 3 is 1.00 bits per heavy atom. The summed E-state index contributed by atoms with van der Waals surface area (Å²) in [6.45, 7) is 0. The maximum Gasteiger partial charge on any atom is 2.00 e. The van der Waals surface area contributed by atoms with Gasteiger partial charge in [-0.15, -0.1) is 12.6 Å². The predicted octanol–water partition coefficient (Wildman–Crippen LogP) is -2.34. The topological polar surface area (TPSA) is 131 Å². The van der Waals surface area contributed by atoms with E-state index in [1.54, 1.807) is 0 Å². The van der Waals surface area contributed by atoms with E-state index in [1.807, 2.05) is 0 Å². The van der Waals surface area contributed by atoms with E-state index in [2.05, 4.69) is 0 Å². The zero-order valence-electron chi connectivity index (χ0n) is 4.05. The van der Waals surface area contributed by atoms with Crippen LogP contribution in [-0.2, 0) is 38.1 Å². The molecule has 0 amide bonds. The van der Waals surface area contributed by atoms with Crippen molar-refractivity contribution in [2.24, 2.45) is 0 Å². The van der Waals surface area contributed by atoms with E-state index in [1.165, 1.54) is 0 Å². The largest absolute Gasteiger partial charge is 2.00 e. The van der Waals surface area contributed by atoms with Gasteiger partial charge in [-0.05, 0) is 0 Å². The van der Waals surface area contributed by atoms with Crippen molar-refractivity contribution in [3.8, 4) is 0 Å². The summed E-state index contributed by atoms with van der Waals surface area (Å²) in [5.41, 5.74) is 0. The van der Waals surface area contributed by atoms with E-state index in [0.29, 0.717) is 0 Å². The summed E-state index contributed by atoms with van der Waals surface area (Å²) in [4.78, 5) is 0. The zero-order chi connectivity index (χ0) is 8.08. The van der Waals surface area contributed by atoms with Crippen LogP contribution in [0.1, 0.15) is 0 Å². The Hall–Kier alpha value is 0.00948. The minimum Gasteiger partial charge on any atom is -0.759 e. The quantitative estimate of drug-likeness (QED) is 0.259. The van der Waals surface area contributed by atoms with Gasteiger partial charge in [0, 0.05) is 10.4 Å². The van der Waals surface area contributed by atoms with Crippen LogP contribution in [0.3, 0.4) is 0 Å². The number of hydrogen-bond acceptors (Lipinski definition) is 7. The molecule has 0 aliphatic rings. The summed E-state index contributed by atoms with van der Waals surface area (Å²) in [6, 6.07) is 0. The molecular formula is MnO7S2. The van der Waals surface area contributed by atoms with Gasteiger partial charge in [-0.1, -0.05) is 0 Å². The molecule has 10 heavy (non-hydrogen) atoms. The maximum atomic E-state index is 8.52. The summed E-state index contributed by atoms with van der Waals surface area (Å²) >= 11 is 0. The van der Waals surface area contributed by atoms with Gasteiger partial charge in [0.05, 0.1) is 0 Å². The first-order valence-corrected chi connectivity index (χ1v) is 3.50. The Labute approximate surface area is 68.5 Å². The zero-order valence-corrected chi connectivity index (χ0v) is 6.87. The molecule has 0 fully saturated rings. The van der Waals surface area contributed by atoms with Gasteiger partial charge in [0.2, 0.25) is 0 Å². The molecule has 0 saturated carbocycles. The van der Waals surface area contributed by atoms with Crippen LogP contribution in [0.2, 0.25) is 0 Å². The average molecular weight is 231 g/mol. The first-order chi connectivity index (χ1) is 3.73. The Morgan fingerprint density at radius 1 is 1.00 bits per heavy atom. The molecule has 0 unspecified atom stereocenters. The van der Waals surface area contributed by atoms with Gasteiger partial charge in [-0.3, -0.25) is 8.42 Å². The molecule has 0 aromatic carbocycles. The first kappa shape index (κ1) is 16.5. The number of rotatable bonds is 0. The van der Waals surface area contributed by atoms with Crippen molar-refractivity contribution in [3.63, 3.8) is 0 Å². The molecule has 0 aliphatic heterocycles. The van der Waals surface area contributed by atoms with Crippen LogP contribution in [0.25, 0.3) is 0 Å². The van der Waals surface area contributed by atoms with Crippen LogP contribution in [0.5, 0.6) is 0 Å². The fourth-order valence-electron chi connectivity index (χ4n) is 0. The monoisotopic (exact) mass is 231 g/mol. The fraction of sp³-hybridized carbons (Fsp3) is 0. The predicted molar refractivity (Wildman–Crippen MR) is 20.2 cm³/mol. The SMILES string of the molecule is O=S(=O)([O-])[O-].O=S(=O)=O.[Mn+2]. The third-order valence-corrected chi connectivity index (χ3v) is 0. The molecule has 7 nitrogen and oxygen atoms in total. The van der Waals surface area contributed by atoms with Gasteiger partial charge in [0.25, 0.3) is 0 Å². The molecule has 0 bridgehead atoms. The molecule has 0 N–H and O–H groups in total. The third kappa shape index (κ3) is 4380000. The van der Waals surface area contributed by atoms with E-state index < -0.39 is 21.0 Å². The van der Waals surface area contributed by atoms with Crippen molar-refractivity contribution >= 4 is 21.0 Å². The Morgan fingerprint density at radius 2 is 1.00 bits per heavy atom. The molecule has 0 atom stereocenters. The molecule has 0 saturated heterocycles.